The van der Waals surface area contributed by atoms with Crippen LogP contribution in [0.4, 0.5) is 0 Å². The van der Waals surface area contributed by atoms with Crippen molar-refractivity contribution < 1.29 is 13.2 Å². The molecule has 130 valence electrons. The van der Waals surface area contributed by atoms with Gasteiger partial charge in [-0.2, -0.15) is 0 Å². The van der Waals surface area contributed by atoms with Crippen molar-refractivity contribution in [2.75, 3.05) is 7.05 Å². The number of rotatable bonds is 5. The zero-order valence-corrected chi connectivity index (χ0v) is 14.6. The van der Waals surface area contributed by atoms with Crippen LogP contribution in [0.15, 0.2) is 47.4 Å². The van der Waals surface area contributed by atoms with Gasteiger partial charge in [0, 0.05) is 5.56 Å². The van der Waals surface area contributed by atoms with Gasteiger partial charge in [-0.15, -0.1) is 0 Å². The molecule has 0 fully saturated rings. The lowest BCUT2D eigenvalue weighted by Gasteiger charge is -2.09. The van der Waals surface area contributed by atoms with Crippen LogP contribution in [0, 0.1) is 6.92 Å². The molecule has 2 aromatic carbocycles. The average Bonchev–Trinajstić information content (AvgIpc) is 3.02. The number of aromatic nitrogens is 2. The maximum atomic E-state index is 12.5. The summed E-state index contributed by atoms with van der Waals surface area (Å²) in [7, 11) is -2.27. The largest absolute Gasteiger partial charge is 0.345 e. The third-order valence-corrected chi connectivity index (χ3v) is 5.30. The van der Waals surface area contributed by atoms with Gasteiger partial charge in [-0.25, -0.2) is 18.1 Å². The molecule has 0 radical (unpaired) electrons. The fourth-order valence-corrected chi connectivity index (χ4v) is 3.24. The third-order valence-electron chi connectivity index (χ3n) is 3.89. The van der Waals surface area contributed by atoms with Gasteiger partial charge in [-0.3, -0.25) is 4.79 Å². The minimum atomic E-state index is -3.60. The first-order chi connectivity index (χ1) is 11.9. The maximum absolute atomic E-state index is 12.5. The number of imidazole rings is 1. The van der Waals surface area contributed by atoms with Crippen molar-refractivity contribution in [3.8, 4) is 0 Å². The second kappa shape index (κ2) is 6.66. The Morgan fingerprint density at radius 3 is 2.68 bits per heavy atom. The summed E-state index contributed by atoms with van der Waals surface area (Å²) in [5.41, 5.74) is 2.72. The smallest absolute Gasteiger partial charge is 0.251 e. The SMILES string of the molecule is CNS(=O)(=O)c1ccc(C)c(C(=O)NCc2nc3ccccc3[nH]2)c1. The van der Waals surface area contributed by atoms with Gasteiger partial charge in [0.05, 0.1) is 22.5 Å². The lowest BCUT2D eigenvalue weighted by molar-refractivity contribution is 0.0949. The number of para-hydroxylation sites is 2. The topological polar surface area (TPSA) is 104 Å². The van der Waals surface area contributed by atoms with Gasteiger partial charge in [-0.1, -0.05) is 18.2 Å². The van der Waals surface area contributed by atoms with Gasteiger partial charge in [-0.05, 0) is 43.8 Å². The molecule has 0 aliphatic carbocycles. The molecule has 0 bridgehead atoms. The minimum Gasteiger partial charge on any atom is -0.345 e. The second-order valence-electron chi connectivity index (χ2n) is 5.57. The van der Waals surface area contributed by atoms with Crippen molar-refractivity contribution in [2.45, 2.75) is 18.4 Å². The van der Waals surface area contributed by atoms with Gasteiger partial charge in [0.15, 0.2) is 0 Å². The van der Waals surface area contributed by atoms with E-state index in [4.69, 9.17) is 0 Å². The Bertz CT molecular complexity index is 1010. The van der Waals surface area contributed by atoms with E-state index in [0.717, 1.165) is 11.0 Å². The first kappa shape index (κ1) is 17.1. The van der Waals surface area contributed by atoms with Crippen molar-refractivity contribution in [1.29, 1.82) is 0 Å². The molecule has 3 N–H and O–H groups in total. The zero-order valence-electron chi connectivity index (χ0n) is 13.8. The molecule has 3 rings (SSSR count). The number of sulfonamides is 1. The first-order valence-corrected chi connectivity index (χ1v) is 9.15. The number of amides is 1. The summed E-state index contributed by atoms with van der Waals surface area (Å²) in [6.45, 7) is 1.97. The molecular formula is C17H18N4O3S. The number of nitrogens with zero attached hydrogens (tertiary/aromatic N) is 1. The molecule has 0 aliphatic heterocycles. The van der Waals surface area contributed by atoms with Gasteiger partial charge in [0.2, 0.25) is 10.0 Å². The Labute approximate surface area is 145 Å². The third kappa shape index (κ3) is 3.54. The predicted octanol–water partition coefficient (Wildman–Crippen LogP) is 1.71. The van der Waals surface area contributed by atoms with E-state index in [1.807, 2.05) is 24.3 Å². The summed E-state index contributed by atoms with van der Waals surface area (Å²) in [5, 5.41) is 2.77. The quantitative estimate of drug-likeness (QED) is 0.646. The van der Waals surface area contributed by atoms with Crippen LogP contribution in [-0.4, -0.2) is 31.3 Å². The predicted molar refractivity (Wildman–Crippen MR) is 94.7 cm³/mol. The van der Waals surface area contributed by atoms with Gasteiger partial charge in [0.25, 0.3) is 5.91 Å². The Morgan fingerprint density at radius 2 is 1.96 bits per heavy atom. The van der Waals surface area contributed by atoms with Crippen LogP contribution in [0.1, 0.15) is 21.7 Å². The van der Waals surface area contributed by atoms with Crippen molar-refractivity contribution in [3.05, 3.63) is 59.4 Å². The summed E-state index contributed by atoms with van der Waals surface area (Å²) in [6.07, 6.45) is 0. The van der Waals surface area contributed by atoms with Gasteiger partial charge >= 0.3 is 0 Å². The summed E-state index contributed by atoms with van der Waals surface area (Å²) in [4.78, 5) is 20.0. The number of H-pyrrole nitrogens is 1. The van der Waals surface area contributed by atoms with E-state index in [-0.39, 0.29) is 17.3 Å². The van der Waals surface area contributed by atoms with E-state index in [0.29, 0.717) is 17.0 Å². The Kier molecular flexibility index (Phi) is 4.56. The van der Waals surface area contributed by atoms with Crippen LogP contribution in [0.2, 0.25) is 0 Å². The van der Waals surface area contributed by atoms with Crippen LogP contribution in [0.5, 0.6) is 0 Å². The number of carbonyl (C=O) groups is 1. The zero-order chi connectivity index (χ0) is 18.0. The molecule has 0 aliphatic rings. The Morgan fingerprint density at radius 1 is 1.20 bits per heavy atom. The summed E-state index contributed by atoms with van der Waals surface area (Å²) >= 11 is 0. The molecule has 8 heteroatoms. The van der Waals surface area contributed by atoms with Gasteiger partial charge in [0.1, 0.15) is 5.82 Å². The monoisotopic (exact) mass is 358 g/mol. The molecule has 1 heterocycles. The summed E-state index contributed by atoms with van der Waals surface area (Å²) in [6, 6.07) is 12.0. The molecule has 1 aromatic heterocycles. The van der Waals surface area contributed by atoms with Crippen LogP contribution in [0.3, 0.4) is 0 Å². The Hall–Kier alpha value is -2.71. The molecule has 3 aromatic rings. The Balaban J connectivity index is 1.80. The number of benzene rings is 2. The van der Waals surface area contributed by atoms with E-state index >= 15 is 0 Å². The highest BCUT2D eigenvalue weighted by Gasteiger charge is 2.16. The molecule has 0 atom stereocenters. The molecular weight excluding hydrogens is 340 g/mol. The molecule has 0 unspecified atom stereocenters. The van der Waals surface area contributed by atoms with Crippen LogP contribution in [-0.2, 0) is 16.6 Å². The van der Waals surface area contributed by atoms with Crippen molar-refractivity contribution in [1.82, 2.24) is 20.0 Å². The fraction of sp³-hybridized carbons (Fsp3) is 0.176. The van der Waals surface area contributed by atoms with E-state index in [2.05, 4.69) is 20.0 Å². The van der Waals surface area contributed by atoms with Gasteiger partial charge < -0.3 is 10.3 Å². The van der Waals surface area contributed by atoms with E-state index in [1.54, 1.807) is 13.0 Å². The van der Waals surface area contributed by atoms with Crippen LogP contribution < -0.4 is 10.0 Å². The van der Waals surface area contributed by atoms with E-state index in [9.17, 15) is 13.2 Å². The number of hydrogen-bond acceptors (Lipinski definition) is 4. The standard InChI is InChI=1S/C17H18N4O3S/c1-11-7-8-12(25(23,24)18-2)9-13(11)17(22)19-10-16-20-14-5-3-4-6-15(14)21-16/h3-9,18H,10H2,1-2H3,(H,19,22)(H,20,21). The highest BCUT2D eigenvalue weighted by molar-refractivity contribution is 7.89. The van der Waals surface area contributed by atoms with Crippen molar-refractivity contribution in [2.24, 2.45) is 0 Å². The van der Waals surface area contributed by atoms with Crippen LogP contribution >= 0.6 is 0 Å². The number of carbonyl (C=O) groups excluding carboxylic acids is 1. The fourth-order valence-electron chi connectivity index (χ4n) is 2.48. The highest BCUT2D eigenvalue weighted by Crippen LogP contribution is 2.16. The molecule has 1 amide bonds. The molecule has 7 nitrogen and oxygen atoms in total. The average molecular weight is 358 g/mol. The molecule has 0 spiro atoms. The highest BCUT2D eigenvalue weighted by atomic mass is 32.2. The molecule has 0 saturated heterocycles. The normalized spacial score (nSPS) is 11.6. The van der Waals surface area contributed by atoms with E-state index < -0.39 is 10.0 Å². The minimum absolute atomic E-state index is 0.0505. The lowest BCUT2D eigenvalue weighted by atomic mass is 10.1. The number of hydrogen-bond donors (Lipinski definition) is 3. The summed E-state index contributed by atoms with van der Waals surface area (Å²) < 4.78 is 26.1. The second-order valence-corrected chi connectivity index (χ2v) is 7.45. The van der Waals surface area contributed by atoms with Crippen molar-refractivity contribution in [3.63, 3.8) is 0 Å². The van der Waals surface area contributed by atoms with Crippen molar-refractivity contribution >= 4 is 27.0 Å². The first-order valence-electron chi connectivity index (χ1n) is 7.67. The number of aryl methyl sites for hydroxylation is 1. The number of nitrogens with one attached hydrogen (secondary N) is 3. The van der Waals surface area contributed by atoms with Crippen LogP contribution in [0.25, 0.3) is 11.0 Å². The molecule has 0 saturated carbocycles. The van der Waals surface area contributed by atoms with E-state index in [1.165, 1.54) is 19.2 Å². The summed E-state index contributed by atoms with van der Waals surface area (Å²) in [5.74, 6) is 0.275. The number of fused-ring (bicyclic) bond motifs is 1. The molecule has 25 heavy (non-hydrogen) atoms. The maximum Gasteiger partial charge on any atom is 0.251 e. The lowest BCUT2D eigenvalue weighted by Crippen LogP contribution is -2.25. The number of aromatic amines is 1.